The van der Waals surface area contributed by atoms with Crippen molar-refractivity contribution in [2.75, 3.05) is 11.9 Å². The van der Waals surface area contributed by atoms with E-state index in [0.29, 0.717) is 0 Å². The Labute approximate surface area is 102 Å². The Bertz CT molecular complexity index is 439. The van der Waals surface area contributed by atoms with E-state index < -0.39 is 0 Å². The molecule has 3 rings (SSSR count). The van der Waals surface area contributed by atoms with E-state index >= 15 is 0 Å². The summed E-state index contributed by atoms with van der Waals surface area (Å²) >= 11 is 0. The zero-order valence-corrected chi connectivity index (χ0v) is 10.5. The van der Waals surface area contributed by atoms with Crippen molar-refractivity contribution >= 4 is 11.8 Å². The Balaban J connectivity index is 0.000000853. The largest absolute Gasteiger partial charge is 0.510 e. The molecule has 4 heteroatoms. The fraction of sp³-hybridized carbons (Fsp3) is 0.0909. The summed E-state index contributed by atoms with van der Waals surface area (Å²) in [5.41, 5.74) is 3.34. The predicted molar refractivity (Wildman–Crippen MR) is 54.7 cm³/mol. The van der Waals surface area contributed by atoms with Gasteiger partial charge in [0.25, 0.3) is 0 Å². The first kappa shape index (κ1) is 10.4. The molecule has 1 radical (unpaired) electrons. The van der Waals surface area contributed by atoms with Gasteiger partial charge in [0.2, 0.25) is 0 Å². The minimum atomic E-state index is 0. The minimum absolute atomic E-state index is 0. The van der Waals surface area contributed by atoms with Crippen molar-refractivity contribution in [1.29, 1.82) is 0 Å². The van der Waals surface area contributed by atoms with Gasteiger partial charge in [-0.2, -0.15) is 12.4 Å². The summed E-state index contributed by atoms with van der Waals surface area (Å²) in [5, 5.41) is 0. The van der Waals surface area contributed by atoms with Crippen LogP contribution in [-0.2, 0) is 20.1 Å². The second-order valence-corrected chi connectivity index (χ2v) is 3.39. The number of nitrogens with zero attached hydrogens (tertiary/aromatic N) is 3. The molecule has 3 heterocycles. The zero-order chi connectivity index (χ0) is 9.54. The van der Waals surface area contributed by atoms with Gasteiger partial charge in [0.05, 0.1) is 0 Å². The van der Waals surface area contributed by atoms with Gasteiger partial charge in [-0.1, -0.05) is 12.3 Å². The van der Waals surface area contributed by atoms with Crippen LogP contribution in [0.25, 0.3) is 6.08 Å². The molecule has 0 amide bonds. The van der Waals surface area contributed by atoms with Gasteiger partial charge < -0.3 is 14.8 Å². The number of pyridine rings is 1. The number of fused-ring (bicyclic) bond motifs is 3. The molecule has 0 atom stereocenters. The van der Waals surface area contributed by atoms with Crippen molar-refractivity contribution < 1.29 is 20.1 Å². The Morgan fingerprint density at radius 2 is 2.27 bits per heavy atom. The van der Waals surface area contributed by atoms with Crippen molar-refractivity contribution in [2.45, 2.75) is 0 Å². The molecule has 0 aromatic carbocycles. The van der Waals surface area contributed by atoms with E-state index in [2.05, 4.69) is 34.3 Å². The number of hydrogen-bond donors (Lipinski definition) is 0. The van der Waals surface area contributed by atoms with Crippen LogP contribution in [0.15, 0.2) is 30.4 Å². The summed E-state index contributed by atoms with van der Waals surface area (Å²) in [6, 6.07) is 3.15. The van der Waals surface area contributed by atoms with Crippen molar-refractivity contribution in [3.63, 3.8) is 0 Å². The molecule has 2 aliphatic rings. The molecule has 1 aromatic rings. The van der Waals surface area contributed by atoms with Crippen molar-refractivity contribution in [3.8, 4) is 0 Å². The second-order valence-electron chi connectivity index (χ2n) is 3.39. The maximum absolute atomic E-state index is 4.05. The van der Waals surface area contributed by atoms with Gasteiger partial charge in [0.15, 0.2) is 0 Å². The number of allylic oxidation sites excluding steroid dienone is 1. The molecule has 3 nitrogen and oxygen atoms in total. The van der Waals surface area contributed by atoms with Crippen molar-refractivity contribution in [3.05, 3.63) is 48.7 Å². The molecule has 0 saturated carbocycles. The topological polar surface area (TPSA) is 19.4 Å². The van der Waals surface area contributed by atoms with Crippen LogP contribution in [0.2, 0.25) is 0 Å². The van der Waals surface area contributed by atoms with Gasteiger partial charge in [-0.15, -0.1) is 11.6 Å². The van der Waals surface area contributed by atoms with Crippen molar-refractivity contribution in [2.24, 2.45) is 0 Å². The second kappa shape index (κ2) is 3.80. The summed E-state index contributed by atoms with van der Waals surface area (Å²) in [5.74, 6) is 0. The summed E-state index contributed by atoms with van der Waals surface area (Å²) in [6.45, 7) is 2.04. The third-order valence-corrected chi connectivity index (χ3v) is 2.35. The van der Waals surface area contributed by atoms with Crippen LogP contribution in [0.3, 0.4) is 0 Å². The molecule has 1 aromatic heterocycles. The first-order valence-corrected chi connectivity index (χ1v) is 4.46. The number of hydrogen-bond acceptors (Lipinski definition) is 3. The molecule has 0 aliphatic carbocycles. The quantitative estimate of drug-likeness (QED) is 0.643. The Hall–Kier alpha value is -1.12. The molecule has 0 saturated heterocycles. The van der Waals surface area contributed by atoms with Crippen LogP contribution in [-0.4, -0.2) is 16.9 Å². The maximum atomic E-state index is 4.05. The van der Waals surface area contributed by atoms with Crippen LogP contribution < -0.4 is 4.90 Å². The average molecular weight is 375 g/mol. The Kier molecular flexibility index (Phi) is 2.63. The molecular formula is C11H9IrN3-2. The summed E-state index contributed by atoms with van der Waals surface area (Å²) in [6.07, 6.45) is 9.77. The first-order chi connectivity index (χ1) is 6.84. The molecule has 79 valence electrons. The smallest absolute Gasteiger partial charge is 0.0228 e. The molecule has 0 unspecified atom stereocenters. The monoisotopic (exact) mass is 376 g/mol. The van der Waals surface area contributed by atoms with Gasteiger partial charge in [0.1, 0.15) is 0 Å². The molecule has 0 N–H and O–H groups in total. The average Bonchev–Trinajstić information content (AvgIpc) is 2.59. The van der Waals surface area contributed by atoms with Crippen molar-refractivity contribution in [1.82, 2.24) is 9.88 Å². The van der Waals surface area contributed by atoms with E-state index in [1.54, 1.807) is 6.20 Å². The van der Waals surface area contributed by atoms with Crippen LogP contribution >= 0.6 is 0 Å². The van der Waals surface area contributed by atoms with Gasteiger partial charge in [0, 0.05) is 25.8 Å². The van der Waals surface area contributed by atoms with E-state index in [1.165, 1.54) is 5.70 Å². The number of rotatable bonds is 0. The van der Waals surface area contributed by atoms with Crippen LogP contribution in [0.4, 0.5) is 5.69 Å². The van der Waals surface area contributed by atoms with E-state index in [0.717, 1.165) is 11.3 Å². The third kappa shape index (κ3) is 1.60. The van der Waals surface area contributed by atoms with Gasteiger partial charge in [-0.3, -0.25) is 0 Å². The fourth-order valence-electron chi connectivity index (χ4n) is 1.73. The summed E-state index contributed by atoms with van der Waals surface area (Å²) < 4.78 is 0. The Morgan fingerprint density at radius 3 is 3.13 bits per heavy atom. The molecule has 0 spiro atoms. The SMILES string of the molecule is CN1C=C2C=Cc3cnc[c-]c3N2[CH-]1.[Ir]. The third-order valence-electron chi connectivity index (χ3n) is 2.35. The Morgan fingerprint density at radius 1 is 1.40 bits per heavy atom. The van der Waals surface area contributed by atoms with Gasteiger partial charge in [-0.25, -0.2) is 6.07 Å². The zero-order valence-electron chi connectivity index (χ0n) is 8.14. The van der Waals surface area contributed by atoms with Gasteiger partial charge in [-0.05, 0) is 19.4 Å². The van der Waals surface area contributed by atoms with E-state index in [9.17, 15) is 0 Å². The van der Waals surface area contributed by atoms with E-state index in [-0.39, 0.29) is 20.1 Å². The van der Waals surface area contributed by atoms with Crippen LogP contribution in [0.1, 0.15) is 5.56 Å². The van der Waals surface area contributed by atoms with E-state index in [1.807, 2.05) is 24.8 Å². The fourth-order valence-corrected chi connectivity index (χ4v) is 1.73. The molecular weight excluding hydrogens is 366 g/mol. The number of aromatic nitrogens is 1. The molecule has 15 heavy (non-hydrogen) atoms. The number of anilines is 1. The molecule has 2 aliphatic heterocycles. The molecule has 0 fully saturated rings. The maximum Gasteiger partial charge on any atom is 0.0228 e. The predicted octanol–water partition coefficient (Wildman–Crippen LogP) is 1.62. The first-order valence-electron chi connectivity index (χ1n) is 4.46. The normalized spacial score (nSPS) is 16.7. The van der Waals surface area contributed by atoms with Crippen LogP contribution in [0.5, 0.6) is 0 Å². The van der Waals surface area contributed by atoms with Crippen LogP contribution in [0, 0.1) is 12.7 Å². The van der Waals surface area contributed by atoms with Gasteiger partial charge >= 0.3 is 0 Å². The molecule has 0 bridgehead atoms. The standard InChI is InChI=1S/C11H9N3.Ir/c1-13-7-10-3-2-9-6-12-5-4-11(9)14(10)8-13;/h2-3,5-8H,1H3;/q-2;. The summed E-state index contributed by atoms with van der Waals surface area (Å²) in [7, 11) is 2.01. The van der Waals surface area contributed by atoms with E-state index in [4.69, 9.17) is 0 Å². The minimum Gasteiger partial charge on any atom is -0.510 e. The summed E-state index contributed by atoms with van der Waals surface area (Å²) in [4.78, 5) is 8.19.